The molecule has 2 aromatic carbocycles. The average Bonchev–Trinajstić information content (AvgIpc) is 2.50. The Morgan fingerprint density at radius 2 is 1.60 bits per heavy atom. The van der Waals surface area contributed by atoms with Crippen molar-refractivity contribution in [3.8, 4) is 5.75 Å². The second kappa shape index (κ2) is 7.68. The van der Waals surface area contributed by atoms with Gasteiger partial charge in [-0.2, -0.15) is 0 Å². The maximum absolute atomic E-state index is 5.72. The lowest BCUT2D eigenvalue weighted by atomic mass is 10.1. The Balaban J connectivity index is 1.82. The number of hydrogen-bond donors (Lipinski definition) is 1. The van der Waals surface area contributed by atoms with Gasteiger partial charge in [0.2, 0.25) is 0 Å². The minimum absolute atomic E-state index is 0.585. The quantitative estimate of drug-likeness (QED) is 0.842. The van der Waals surface area contributed by atoms with Crippen LogP contribution in [0.2, 0.25) is 0 Å². The van der Waals surface area contributed by atoms with Gasteiger partial charge in [-0.15, -0.1) is 0 Å². The standard InChI is InChI=1S/C17H21NO2/c1-19-17-4-2-3-16(11-17)13-20-12-15-7-5-14(6-8-15)9-10-18/h2-8,11H,9-10,12-13,18H2,1H3. The van der Waals surface area contributed by atoms with Gasteiger partial charge in [0, 0.05) is 0 Å². The van der Waals surface area contributed by atoms with Gasteiger partial charge in [-0.05, 0) is 41.8 Å². The summed E-state index contributed by atoms with van der Waals surface area (Å²) < 4.78 is 10.9. The maximum atomic E-state index is 5.72. The summed E-state index contributed by atoms with van der Waals surface area (Å²) in [5.41, 5.74) is 9.09. The molecule has 0 radical (unpaired) electrons. The summed E-state index contributed by atoms with van der Waals surface area (Å²) in [6.07, 6.45) is 0.922. The number of hydrogen-bond acceptors (Lipinski definition) is 3. The molecular weight excluding hydrogens is 250 g/mol. The fraction of sp³-hybridized carbons (Fsp3) is 0.294. The molecule has 0 spiro atoms. The molecule has 0 unspecified atom stereocenters. The summed E-state index contributed by atoms with van der Waals surface area (Å²) in [5.74, 6) is 0.859. The zero-order valence-electron chi connectivity index (χ0n) is 11.8. The predicted molar refractivity (Wildman–Crippen MR) is 80.7 cm³/mol. The second-order valence-corrected chi connectivity index (χ2v) is 4.70. The summed E-state index contributed by atoms with van der Waals surface area (Å²) in [4.78, 5) is 0. The van der Waals surface area contributed by atoms with Crippen LogP contribution >= 0.6 is 0 Å². The molecule has 0 aliphatic heterocycles. The molecule has 2 N–H and O–H groups in total. The van der Waals surface area contributed by atoms with Crippen LogP contribution in [-0.2, 0) is 24.4 Å². The van der Waals surface area contributed by atoms with E-state index in [0.717, 1.165) is 17.7 Å². The highest BCUT2D eigenvalue weighted by molar-refractivity contribution is 5.28. The Morgan fingerprint density at radius 1 is 0.900 bits per heavy atom. The third-order valence-corrected chi connectivity index (χ3v) is 3.13. The predicted octanol–water partition coefficient (Wildman–Crippen LogP) is 2.91. The van der Waals surface area contributed by atoms with E-state index in [-0.39, 0.29) is 0 Å². The summed E-state index contributed by atoms with van der Waals surface area (Å²) in [7, 11) is 1.67. The van der Waals surface area contributed by atoms with Crippen LogP contribution in [0.3, 0.4) is 0 Å². The lowest BCUT2D eigenvalue weighted by Crippen LogP contribution is -2.02. The van der Waals surface area contributed by atoms with Gasteiger partial charge in [-0.25, -0.2) is 0 Å². The van der Waals surface area contributed by atoms with Crippen molar-refractivity contribution in [1.29, 1.82) is 0 Å². The zero-order valence-corrected chi connectivity index (χ0v) is 11.8. The fourth-order valence-corrected chi connectivity index (χ4v) is 2.02. The van der Waals surface area contributed by atoms with Gasteiger partial charge in [0.15, 0.2) is 0 Å². The van der Waals surface area contributed by atoms with Crippen molar-refractivity contribution in [3.05, 3.63) is 65.2 Å². The Kier molecular flexibility index (Phi) is 5.59. The van der Waals surface area contributed by atoms with Crippen molar-refractivity contribution in [2.24, 2.45) is 5.73 Å². The molecule has 3 nitrogen and oxygen atoms in total. The van der Waals surface area contributed by atoms with Gasteiger partial charge in [-0.3, -0.25) is 0 Å². The van der Waals surface area contributed by atoms with Gasteiger partial charge >= 0.3 is 0 Å². The van der Waals surface area contributed by atoms with Gasteiger partial charge in [-0.1, -0.05) is 36.4 Å². The number of rotatable bonds is 7. The van der Waals surface area contributed by atoms with E-state index >= 15 is 0 Å². The van der Waals surface area contributed by atoms with E-state index < -0.39 is 0 Å². The second-order valence-electron chi connectivity index (χ2n) is 4.70. The third kappa shape index (κ3) is 4.37. The van der Waals surface area contributed by atoms with Gasteiger partial charge in [0.05, 0.1) is 20.3 Å². The highest BCUT2D eigenvalue weighted by Crippen LogP contribution is 2.14. The number of methoxy groups -OCH3 is 1. The highest BCUT2D eigenvalue weighted by Gasteiger charge is 1.98. The van der Waals surface area contributed by atoms with Gasteiger partial charge in [0.25, 0.3) is 0 Å². The van der Waals surface area contributed by atoms with E-state index in [4.69, 9.17) is 15.2 Å². The van der Waals surface area contributed by atoms with Crippen LogP contribution in [0.25, 0.3) is 0 Å². The number of ether oxygens (including phenoxy) is 2. The van der Waals surface area contributed by atoms with Crippen LogP contribution in [0.5, 0.6) is 5.75 Å². The molecule has 20 heavy (non-hydrogen) atoms. The smallest absolute Gasteiger partial charge is 0.119 e. The number of benzene rings is 2. The first-order chi connectivity index (χ1) is 9.81. The Hall–Kier alpha value is -1.84. The molecule has 0 saturated heterocycles. The molecule has 0 amide bonds. The lowest BCUT2D eigenvalue weighted by molar-refractivity contribution is 0.107. The van der Waals surface area contributed by atoms with Crippen molar-refractivity contribution in [3.63, 3.8) is 0 Å². The summed E-state index contributed by atoms with van der Waals surface area (Å²) in [5, 5.41) is 0. The summed E-state index contributed by atoms with van der Waals surface area (Å²) >= 11 is 0. The van der Waals surface area contributed by atoms with Crippen molar-refractivity contribution >= 4 is 0 Å². The van der Waals surface area contributed by atoms with Crippen LogP contribution < -0.4 is 10.5 Å². The lowest BCUT2D eigenvalue weighted by Gasteiger charge is -2.07. The van der Waals surface area contributed by atoms with Crippen molar-refractivity contribution in [2.75, 3.05) is 13.7 Å². The van der Waals surface area contributed by atoms with E-state index in [0.29, 0.717) is 19.8 Å². The van der Waals surface area contributed by atoms with Gasteiger partial charge < -0.3 is 15.2 Å². The zero-order chi connectivity index (χ0) is 14.2. The maximum Gasteiger partial charge on any atom is 0.119 e. The Labute approximate surface area is 120 Å². The van der Waals surface area contributed by atoms with E-state index in [1.54, 1.807) is 7.11 Å². The minimum atomic E-state index is 0.585. The highest BCUT2D eigenvalue weighted by atomic mass is 16.5. The molecule has 0 saturated carbocycles. The first-order valence-corrected chi connectivity index (χ1v) is 6.80. The van der Waals surface area contributed by atoms with Crippen LogP contribution in [0, 0.1) is 0 Å². The molecule has 2 aromatic rings. The topological polar surface area (TPSA) is 44.5 Å². The normalized spacial score (nSPS) is 10.5. The fourth-order valence-electron chi connectivity index (χ4n) is 2.02. The van der Waals surface area contributed by atoms with Crippen LogP contribution in [0.4, 0.5) is 0 Å². The van der Waals surface area contributed by atoms with Crippen molar-refractivity contribution in [2.45, 2.75) is 19.6 Å². The first kappa shape index (κ1) is 14.6. The van der Waals surface area contributed by atoms with E-state index in [9.17, 15) is 0 Å². The van der Waals surface area contributed by atoms with Gasteiger partial charge in [0.1, 0.15) is 5.75 Å². The third-order valence-electron chi connectivity index (χ3n) is 3.13. The molecule has 0 fully saturated rings. The Morgan fingerprint density at radius 3 is 2.30 bits per heavy atom. The molecule has 0 aliphatic rings. The molecular formula is C17H21NO2. The van der Waals surface area contributed by atoms with Crippen LogP contribution in [0.1, 0.15) is 16.7 Å². The molecule has 2 rings (SSSR count). The monoisotopic (exact) mass is 271 g/mol. The average molecular weight is 271 g/mol. The molecule has 0 bridgehead atoms. The largest absolute Gasteiger partial charge is 0.497 e. The molecule has 0 aromatic heterocycles. The van der Waals surface area contributed by atoms with E-state index in [2.05, 4.69) is 24.3 Å². The molecule has 3 heteroatoms. The SMILES string of the molecule is COc1cccc(COCc2ccc(CCN)cc2)c1. The van der Waals surface area contributed by atoms with E-state index in [1.165, 1.54) is 11.1 Å². The Bertz CT molecular complexity index is 523. The summed E-state index contributed by atoms with van der Waals surface area (Å²) in [6.45, 7) is 1.88. The van der Waals surface area contributed by atoms with Crippen molar-refractivity contribution < 1.29 is 9.47 Å². The van der Waals surface area contributed by atoms with Crippen LogP contribution in [-0.4, -0.2) is 13.7 Å². The molecule has 0 atom stereocenters. The van der Waals surface area contributed by atoms with E-state index in [1.807, 2.05) is 24.3 Å². The van der Waals surface area contributed by atoms with Crippen LogP contribution in [0.15, 0.2) is 48.5 Å². The molecule has 0 heterocycles. The summed E-state index contributed by atoms with van der Waals surface area (Å²) in [6, 6.07) is 16.3. The molecule has 0 aliphatic carbocycles. The molecule has 106 valence electrons. The first-order valence-electron chi connectivity index (χ1n) is 6.80. The van der Waals surface area contributed by atoms with Crippen molar-refractivity contribution in [1.82, 2.24) is 0 Å². The number of nitrogens with two attached hydrogens (primary N) is 1. The minimum Gasteiger partial charge on any atom is -0.497 e.